The predicted octanol–water partition coefficient (Wildman–Crippen LogP) is 3.36. The van der Waals surface area contributed by atoms with Crippen molar-refractivity contribution in [2.24, 2.45) is 0 Å². The molecule has 1 aromatic carbocycles. The number of nitrogens with zero attached hydrogens (tertiary/aromatic N) is 1. The molecular formula is C15H20N2O3S2. The summed E-state index contributed by atoms with van der Waals surface area (Å²) in [5.41, 5.74) is 0. The highest BCUT2D eigenvalue weighted by molar-refractivity contribution is 7.89. The van der Waals surface area contributed by atoms with Crippen LogP contribution in [0.5, 0.6) is 5.75 Å². The van der Waals surface area contributed by atoms with E-state index in [2.05, 4.69) is 9.71 Å². The number of thiazole rings is 1. The first-order valence-electron chi connectivity index (χ1n) is 7.11. The average molecular weight is 340 g/mol. The van der Waals surface area contributed by atoms with Crippen LogP contribution in [-0.2, 0) is 10.0 Å². The summed E-state index contributed by atoms with van der Waals surface area (Å²) in [6, 6.07) is 6.12. The van der Waals surface area contributed by atoms with Gasteiger partial charge in [0.25, 0.3) is 0 Å². The molecule has 0 fully saturated rings. The van der Waals surface area contributed by atoms with E-state index < -0.39 is 10.0 Å². The third-order valence-corrected chi connectivity index (χ3v) is 5.34. The van der Waals surface area contributed by atoms with Gasteiger partial charge in [0.15, 0.2) is 0 Å². The van der Waals surface area contributed by atoms with Gasteiger partial charge in [-0.2, -0.15) is 0 Å². The van der Waals surface area contributed by atoms with Gasteiger partial charge in [-0.25, -0.2) is 18.1 Å². The maximum Gasteiger partial charge on any atom is 0.241 e. The Bertz CT molecular complexity index is 680. The molecule has 1 heterocycles. The van der Waals surface area contributed by atoms with Crippen LogP contribution in [0.1, 0.15) is 38.2 Å². The molecule has 22 heavy (non-hydrogen) atoms. The van der Waals surface area contributed by atoms with Crippen molar-refractivity contribution in [3.8, 4) is 5.75 Å². The molecule has 5 nitrogen and oxygen atoms in total. The van der Waals surface area contributed by atoms with E-state index in [0.717, 1.165) is 5.01 Å². The Kier molecular flexibility index (Phi) is 5.55. The Labute approximate surface area is 135 Å². The summed E-state index contributed by atoms with van der Waals surface area (Å²) in [5.74, 6) is 0.654. The smallest absolute Gasteiger partial charge is 0.241 e. The second-order valence-electron chi connectivity index (χ2n) is 5.09. The molecule has 0 spiro atoms. The molecule has 1 atom stereocenters. The zero-order valence-corrected chi connectivity index (χ0v) is 14.4. The second-order valence-corrected chi connectivity index (χ2v) is 7.73. The third-order valence-electron chi connectivity index (χ3n) is 2.96. The first kappa shape index (κ1) is 16.9. The van der Waals surface area contributed by atoms with Gasteiger partial charge in [0.1, 0.15) is 10.8 Å². The molecule has 0 saturated carbocycles. The van der Waals surface area contributed by atoms with Crippen molar-refractivity contribution >= 4 is 21.4 Å². The van der Waals surface area contributed by atoms with Gasteiger partial charge >= 0.3 is 0 Å². The third kappa shape index (κ3) is 4.28. The van der Waals surface area contributed by atoms with Gasteiger partial charge in [-0.1, -0.05) is 6.92 Å². The molecule has 2 aromatic rings. The van der Waals surface area contributed by atoms with Gasteiger partial charge in [0.2, 0.25) is 10.0 Å². The summed E-state index contributed by atoms with van der Waals surface area (Å²) in [6.07, 6.45) is 2.37. The van der Waals surface area contributed by atoms with Crippen LogP contribution in [0.4, 0.5) is 0 Å². The van der Waals surface area contributed by atoms with E-state index >= 15 is 0 Å². The number of benzene rings is 1. The predicted molar refractivity (Wildman–Crippen MR) is 87.7 cm³/mol. The molecule has 2 rings (SSSR count). The Morgan fingerprint density at radius 1 is 1.27 bits per heavy atom. The van der Waals surface area contributed by atoms with Crippen molar-refractivity contribution in [1.82, 2.24) is 9.71 Å². The molecule has 1 N–H and O–H groups in total. The number of hydrogen-bond donors (Lipinski definition) is 1. The van der Waals surface area contributed by atoms with Crippen molar-refractivity contribution in [1.29, 1.82) is 0 Å². The van der Waals surface area contributed by atoms with Gasteiger partial charge < -0.3 is 4.74 Å². The minimum Gasteiger partial charge on any atom is -0.491 e. The lowest BCUT2D eigenvalue weighted by Crippen LogP contribution is -2.28. The topological polar surface area (TPSA) is 68.3 Å². The molecule has 0 aliphatic heterocycles. The summed E-state index contributed by atoms with van der Waals surface area (Å²) in [4.78, 5) is 4.40. The van der Waals surface area contributed by atoms with Crippen LogP contribution < -0.4 is 9.46 Å². The summed E-state index contributed by atoms with van der Waals surface area (Å²) in [5, 5.41) is 2.61. The maximum absolute atomic E-state index is 12.5. The number of nitrogens with one attached hydrogen (secondary N) is 1. The molecule has 0 aliphatic carbocycles. The second kappa shape index (κ2) is 7.21. The van der Waals surface area contributed by atoms with Gasteiger partial charge in [-0.3, -0.25) is 0 Å². The molecule has 120 valence electrons. The van der Waals surface area contributed by atoms with E-state index in [0.29, 0.717) is 12.2 Å². The average Bonchev–Trinajstić information content (AvgIpc) is 2.99. The molecule has 0 radical (unpaired) electrons. The maximum atomic E-state index is 12.5. The first-order valence-corrected chi connectivity index (χ1v) is 9.47. The van der Waals surface area contributed by atoms with Gasteiger partial charge in [-0.05, 0) is 44.5 Å². The monoisotopic (exact) mass is 340 g/mol. The van der Waals surface area contributed by atoms with Crippen molar-refractivity contribution in [2.45, 2.75) is 44.2 Å². The van der Waals surface area contributed by atoms with Crippen LogP contribution in [-0.4, -0.2) is 19.5 Å². The van der Waals surface area contributed by atoms with Crippen molar-refractivity contribution in [2.75, 3.05) is 0 Å². The number of rotatable bonds is 7. The van der Waals surface area contributed by atoms with E-state index in [1.54, 1.807) is 30.5 Å². The highest BCUT2D eigenvalue weighted by Gasteiger charge is 2.21. The zero-order valence-electron chi connectivity index (χ0n) is 12.8. The minimum absolute atomic E-state index is 0.0509. The molecular weight excluding hydrogens is 320 g/mol. The molecule has 0 bridgehead atoms. The molecule has 1 aromatic heterocycles. The Hall–Kier alpha value is -1.44. The number of aromatic nitrogens is 1. The largest absolute Gasteiger partial charge is 0.491 e. The van der Waals surface area contributed by atoms with Crippen LogP contribution in [0.25, 0.3) is 0 Å². The minimum atomic E-state index is -3.58. The fourth-order valence-electron chi connectivity index (χ4n) is 1.94. The Balaban J connectivity index is 2.15. The van der Waals surface area contributed by atoms with E-state index in [1.807, 2.05) is 26.2 Å². The van der Waals surface area contributed by atoms with E-state index in [4.69, 9.17) is 4.74 Å². The van der Waals surface area contributed by atoms with Crippen LogP contribution >= 0.6 is 11.3 Å². The fourth-order valence-corrected chi connectivity index (χ4v) is 4.07. The lowest BCUT2D eigenvalue weighted by Gasteiger charge is -2.15. The van der Waals surface area contributed by atoms with E-state index in [9.17, 15) is 8.42 Å². The fraction of sp³-hybridized carbons (Fsp3) is 0.400. The highest BCUT2D eigenvalue weighted by Crippen LogP contribution is 2.23. The molecule has 0 aliphatic rings. The zero-order chi connectivity index (χ0) is 16.2. The number of ether oxygens (including phenoxy) is 1. The highest BCUT2D eigenvalue weighted by atomic mass is 32.2. The summed E-state index contributed by atoms with van der Waals surface area (Å²) >= 11 is 1.44. The lowest BCUT2D eigenvalue weighted by atomic mass is 10.3. The van der Waals surface area contributed by atoms with Crippen LogP contribution in [0, 0.1) is 0 Å². The van der Waals surface area contributed by atoms with Gasteiger partial charge in [-0.15, -0.1) is 11.3 Å². The Morgan fingerprint density at radius 3 is 2.45 bits per heavy atom. The van der Waals surface area contributed by atoms with Crippen LogP contribution in [0.3, 0.4) is 0 Å². The standard InChI is InChI=1S/C15H20N2O3S2/c1-4-14(15-16-9-10-21-15)17-22(18,19)13-7-5-12(6-8-13)20-11(2)3/h5-11,14,17H,4H2,1-3H3/t14-/m0/s1. The molecule has 0 unspecified atom stereocenters. The SMILES string of the molecule is CC[C@H](NS(=O)(=O)c1ccc(OC(C)C)cc1)c1nccs1. The Morgan fingerprint density at radius 2 is 1.95 bits per heavy atom. The first-order chi connectivity index (χ1) is 10.4. The quantitative estimate of drug-likeness (QED) is 0.839. The normalized spacial score (nSPS) is 13.3. The molecule has 7 heteroatoms. The van der Waals surface area contributed by atoms with Crippen LogP contribution in [0.2, 0.25) is 0 Å². The lowest BCUT2D eigenvalue weighted by molar-refractivity contribution is 0.242. The molecule has 0 saturated heterocycles. The van der Waals surface area contributed by atoms with Gasteiger partial charge in [0, 0.05) is 11.6 Å². The summed E-state index contributed by atoms with van der Waals surface area (Å²) in [6.45, 7) is 5.77. The van der Waals surface area contributed by atoms with Crippen molar-refractivity contribution in [3.63, 3.8) is 0 Å². The number of sulfonamides is 1. The summed E-state index contributed by atoms with van der Waals surface area (Å²) in [7, 11) is -3.58. The summed E-state index contributed by atoms with van der Waals surface area (Å²) < 4.78 is 33.1. The van der Waals surface area contributed by atoms with E-state index in [1.165, 1.54) is 11.3 Å². The van der Waals surface area contributed by atoms with Crippen molar-refractivity contribution < 1.29 is 13.2 Å². The number of hydrogen-bond acceptors (Lipinski definition) is 5. The van der Waals surface area contributed by atoms with Crippen LogP contribution in [0.15, 0.2) is 40.7 Å². The van der Waals surface area contributed by atoms with Gasteiger partial charge in [0.05, 0.1) is 17.0 Å². The van der Waals surface area contributed by atoms with Crippen molar-refractivity contribution in [3.05, 3.63) is 40.8 Å². The molecule has 0 amide bonds. The van der Waals surface area contributed by atoms with E-state index in [-0.39, 0.29) is 17.0 Å².